The molecule has 6 aliphatic rings. The number of rotatable bonds is 8. The van der Waals surface area contributed by atoms with Gasteiger partial charge in [0.1, 0.15) is 23.7 Å². The Kier molecular flexibility index (Phi) is 9.10. The maximum Gasteiger partial charge on any atom is 0.359 e. The Balaban J connectivity index is 1.19. The number of piperazine rings is 2. The Labute approximate surface area is 307 Å². The van der Waals surface area contributed by atoms with Crippen LogP contribution >= 0.6 is 0 Å². The smallest absolute Gasteiger partial charge is 0.359 e. The third kappa shape index (κ3) is 6.48. The molecule has 0 spiro atoms. The van der Waals surface area contributed by atoms with Gasteiger partial charge in [0.05, 0.1) is 29.3 Å². The van der Waals surface area contributed by atoms with Crippen molar-refractivity contribution in [2.45, 2.75) is 94.4 Å². The Morgan fingerprint density at radius 2 is 1.40 bits per heavy atom. The lowest BCUT2D eigenvalue weighted by molar-refractivity contribution is -0.820. The first kappa shape index (κ1) is 35.1. The van der Waals surface area contributed by atoms with E-state index in [0.717, 1.165) is 109 Å². The molecular weight excluding hydrogens is 655 g/mol. The molecule has 4 fully saturated rings. The molecule has 0 radical (unpaired) electrons. The van der Waals surface area contributed by atoms with Crippen LogP contribution in [0.25, 0.3) is 0 Å². The number of pyridine rings is 2. The van der Waals surface area contributed by atoms with Crippen LogP contribution in [0.4, 0.5) is 23.0 Å². The largest absolute Gasteiger partial charge is 0.368 e. The van der Waals surface area contributed by atoms with Crippen molar-refractivity contribution >= 4 is 41.0 Å². The van der Waals surface area contributed by atoms with E-state index >= 15 is 0 Å². The van der Waals surface area contributed by atoms with Crippen LogP contribution in [0.1, 0.15) is 65.2 Å². The summed E-state index contributed by atoms with van der Waals surface area (Å²) in [4.78, 5) is 42.2. The Morgan fingerprint density at radius 1 is 0.827 bits per heavy atom. The van der Waals surface area contributed by atoms with E-state index in [9.17, 15) is 4.79 Å². The third-order valence-corrected chi connectivity index (χ3v) is 12.1. The van der Waals surface area contributed by atoms with Crippen molar-refractivity contribution in [3.63, 3.8) is 0 Å². The second-order valence-corrected chi connectivity index (χ2v) is 16.4. The van der Waals surface area contributed by atoms with Crippen LogP contribution in [-0.4, -0.2) is 119 Å². The lowest BCUT2D eigenvalue weighted by atomic mass is 9.89. The van der Waals surface area contributed by atoms with Crippen LogP contribution in [0.3, 0.4) is 0 Å². The number of fused-ring (bicyclic) bond motifs is 1. The van der Waals surface area contributed by atoms with Gasteiger partial charge in [-0.15, -0.1) is 0 Å². The highest BCUT2D eigenvalue weighted by Gasteiger charge is 2.64. The number of likely N-dealkylation sites (N-methyl/N-ethyl adjacent to an activating group) is 1. The van der Waals surface area contributed by atoms with E-state index < -0.39 is 11.6 Å². The van der Waals surface area contributed by atoms with Gasteiger partial charge in [0, 0.05) is 83.3 Å². The van der Waals surface area contributed by atoms with Gasteiger partial charge in [0.15, 0.2) is 0 Å². The normalized spacial score (nSPS) is 27.7. The van der Waals surface area contributed by atoms with Crippen molar-refractivity contribution in [3.8, 4) is 0 Å². The van der Waals surface area contributed by atoms with E-state index in [2.05, 4.69) is 63.7 Å². The summed E-state index contributed by atoms with van der Waals surface area (Å²) in [5.74, 6) is 0.272. The van der Waals surface area contributed by atoms with E-state index in [1.807, 2.05) is 24.5 Å². The summed E-state index contributed by atoms with van der Waals surface area (Å²) in [7, 11) is 2.16. The van der Waals surface area contributed by atoms with E-state index in [0.29, 0.717) is 23.0 Å². The zero-order chi connectivity index (χ0) is 36.1. The van der Waals surface area contributed by atoms with Gasteiger partial charge in [-0.2, -0.15) is 4.99 Å². The standard InChI is InChI=1S/C38H56N13O/c1-36(2)26-50(17-16-43-36)29-13-15-33(42-25-29)46-38(45-32-14-12-28(24-41-32)49-20-18-48(3)19-21-49)44-23-27-22-37(39,40)35(52)51(34(27)47-38,30-8-4-5-9-30)31-10-6-7-11-31/h12-15,22-25,30-31,43H,4-11,16-21,26,39-40H2,1-3H3,(H,41,45)(H,42,46)/q+1. The molecule has 278 valence electrons. The number of hydrogen-bond donors (Lipinski definition) is 5. The second kappa shape index (κ2) is 13.5. The average molecular weight is 711 g/mol. The molecule has 2 aromatic rings. The van der Waals surface area contributed by atoms with Gasteiger partial charge in [0.25, 0.3) is 0 Å². The summed E-state index contributed by atoms with van der Waals surface area (Å²) in [6.07, 6.45) is 15.2. The SMILES string of the molecule is CN1CCN(c2ccc(NC3(Nc4ccc(N5CCNC(C)(C)C5)cn4)N=CC4=CC(N)(N)C(=O)[N+](C5CCCC5)(C5CCCC5)C4=N3)nc2)CC1. The minimum absolute atomic E-state index is 0.0135. The summed E-state index contributed by atoms with van der Waals surface area (Å²) in [5, 5.41) is 10.7. The van der Waals surface area contributed by atoms with Gasteiger partial charge in [-0.25, -0.2) is 24.2 Å². The van der Waals surface area contributed by atoms with Crippen LogP contribution < -0.4 is 37.2 Å². The molecule has 1 amide bonds. The van der Waals surface area contributed by atoms with Crippen molar-refractivity contribution in [1.82, 2.24) is 20.2 Å². The molecule has 14 nitrogen and oxygen atoms in total. The molecule has 2 aromatic heterocycles. The van der Waals surface area contributed by atoms with E-state index in [4.69, 9.17) is 31.4 Å². The molecule has 2 saturated heterocycles. The quantitative estimate of drug-likeness (QED) is 0.202. The molecule has 6 heterocycles. The minimum atomic E-state index is -1.62. The number of carbonyl (C=O) groups is 1. The summed E-state index contributed by atoms with van der Waals surface area (Å²) in [6.45, 7) is 11.1. The maximum atomic E-state index is 14.8. The van der Waals surface area contributed by atoms with Gasteiger partial charge >= 0.3 is 11.8 Å². The van der Waals surface area contributed by atoms with Crippen LogP contribution in [0.15, 0.2) is 58.3 Å². The fourth-order valence-corrected chi connectivity index (χ4v) is 9.43. The highest BCUT2D eigenvalue weighted by atomic mass is 16.2. The molecule has 1 unspecified atom stereocenters. The number of amides is 1. The highest BCUT2D eigenvalue weighted by Crippen LogP contribution is 2.45. The predicted octanol–water partition coefficient (Wildman–Crippen LogP) is 2.82. The molecule has 1 atom stereocenters. The Hall–Kier alpha value is -3.95. The number of carbonyl (C=O) groups excluding carboxylic acids is 1. The first-order valence-electron chi connectivity index (χ1n) is 19.3. The van der Waals surface area contributed by atoms with Gasteiger partial charge in [-0.3, -0.25) is 11.5 Å². The number of quaternary nitrogens is 1. The second-order valence-electron chi connectivity index (χ2n) is 16.4. The predicted molar refractivity (Wildman–Crippen MR) is 207 cm³/mol. The molecule has 0 aromatic carbocycles. The summed E-state index contributed by atoms with van der Waals surface area (Å²) < 4.78 is 0.0802. The topological polar surface area (TPSA) is 165 Å². The Morgan fingerprint density at radius 3 is 1.94 bits per heavy atom. The number of aliphatic imine (C=N–C) groups is 2. The molecule has 4 aliphatic heterocycles. The first-order valence-corrected chi connectivity index (χ1v) is 19.3. The van der Waals surface area contributed by atoms with Crippen molar-refractivity contribution < 1.29 is 9.28 Å². The van der Waals surface area contributed by atoms with Crippen LogP contribution in [0.2, 0.25) is 0 Å². The molecule has 2 saturated carbocycles. The number of hydrogen-bond acceptors (Lipinski definition) is 13. The first-order chi connectivity index (χ1) is 25.0. The lowest BCUT2D eigenvalue weighted by Gasteiger charge is -2.51. The average Bonchev–Trinajstić information content (AvgIpc) is 3.87. The van der Waals surface area contributed by atoms with E-state index in [-0.39, 0.29) is 28.0 Å². The molecule has 0 bridgehead atoms. The lowest BCUT2D eigenvalue weighted by Crippen LogP contribution is -2.78. The zero-order valence-corrected chi connectivity index (χ0v) is 31.0. The molecule has 8 rings (SSSR count). The van der Waals surface area contributed by atoms with Gasteiger partial charge in [-0.1, -0.05) is 0 Å². The molecular formula is C38H56N13O+. The number of anilines is 4. The fourth-order valence-electron chi connectivity index (χ4n) is 9.43. The maximum absolute atomic E-state index is 14.8. The van der Waals surface area contributed by atoms with Crippen LogP contribution in [-0.2, 0) is 4.79 Å². The van der Waals surface area contributed by atoms with E-state index in [1.54, 1.807) is 12.3 Å². The number of amidine groups is 1. The van der Waals surface area contributed by atoms with Crippen molar-refractivity contribution in [2.75, 3.05) is 73.3 Å². The summed E-state index contributed by atoms with van der Waals surface area (Å²) in [6, 6.07) is 8.25. The molecule has 52 heavy (non-hydrogen) atoms. The monoisotopic (exact) mass is 710 g/mol. The third-order valence-electron chi connectivity index (χ3n) is 12.1. The Bertz CT molecular complexity index is 1700. The number of aromatic nitrogens is 2. The van der Waals surface area contributed by atoms with Crippen LogP contribution in [0.5, 0.6) is 0 Å². The van der Waals surface area contributed by atoms with Crippen molar-refractivity contribution in [3.05, 3.63) is 48.3 Å². The molecule has 2 aliphatic carbocycles. The fraction of sp³-hybridized carbons (Fsp3) is 0.605. The van der Waals surface area contributed by atoms with Gasteiger partial charge < -0.3 is 30.7 Å². The van der Waals surface area contributed by atoms with Gasteiger partial charge in [0.2, 0.25) is 11.5 Å². The number of nitrogens with zero attached hydrogens (tertiary/aromatic N) is 8. The van der Waals surface area contributed by atoms with E-state index in [1.165, 1.54) is 0 Å². The zero-order valence-electron chi connectivity index (χ0n) is 31.0. The van der Waals surface area contributed by atoms with Crippen molar-refractivity contribution in [2.24, 2.45) is 21.5 Å². The van der Waals surface area contributed by atoms with Crippen LogP contribution in [0, 0.1) is 0 Å². The minimum Gasteiger partial charge on any atom is -0.368 e. The molecule has 14 heteroatoms. The summed E-state index contributed by atoms with van der Waals surface area (Å²) >= 11 is 0. The number of nitrogens with one attached hydrogen (secondary N) is 3. The highest BCUT2D eigenvalue weighted by molar-refractivity contribution is 6.19. The summed E-state index contributed by atoms with van der Waals surface area (Å²) in [5.41, 5.74) is 14.6. The van der Waals surface area contributed by atoms with Gasteiger partial charge in [-0.05, 0) is 76.9 Å². The molecule has 7 N–H and O–H groups in total. The number of nitrogens with two attached hydrogens (primary N) is 2. The van der Waals surface area contributed by atoms with Crippen molar-refractivity contribution in [1.29, 1.82) is 0 Å².